The highest BCUT2D eigenvalue weighted by atomic mass is 32.1. The first-order chi connectivity index (χ1) is 17.5. The number of nitrogens with zero attached hydrogens (tertiary/aromatic N) is 3. The van der Waals surface area contributed by atoms with Crippen LogP contribution in [0.5, 0.6) is 5.75 Å². The molecule has 7 heteroatoms. The van der Waals surface area contributed by atoms with Crippen molar-refractivity contribution < 1.29 is 9.84 Å². The molecular formula is C29H33N3O3S. The van der Waals surface area contributed by atoms with E-state index in [0.29, 0.717) is 25.2 Å². The van der Waals surface area contributed by atoms with Crippen LogP contribution in [-0.4, -0.2) is 39.7 Å². The van der Waals surface area contributed by atoms with Crippen molar-refractivity contribution >= 4 is 22.1 Å². The fourth-order valence-corrected chi connectivity index (χ4v) is 5.78. The summed E-state index contributed by atoms with van der Waals surface area (Å²) in [5.74, 6) is 1.42. The Morgan fingerprint density at radius 3 is 2.83 bits per heavy atom. The summed E-state index contributed by atoms with van der Waals surface area (Å²) >= 11 is 1.72. The fourth-order valence-electron chi connectivity index (χ4n) is 4.99. The molecule has 0 bridgehead atoms. The van der Waals surface area contributed by atoms with Crippen LogP contribution in [0.4, 0.5) is 0 Å². The molecular weight excluding hydrogens is 470 g/mol. The van der Waals surface area contributed by atoms with E-state index in [4.69, 9.17) is 4.74 Å². The van der Waals surface area contributed by atoms with Crippen LogP contribution in [0.25, 0.3) is 10.8 Å². The number of hydrogen-bond donors (Lipinski definition) is 1. The monoisotopic (exact) mass is 503 g/mol. The Labute approximate surface area is 215 Å². The third kappa shape index (κ3) is 5.24. The predicted molar refractivity (Wildman–Crippen MR) is 145 cm³/mol. The fraction of sp³-hybridized carbons (Fsp3) is 0.379. The van der Waals surface area contributed by atoms with Gasteiger partial charge in [-0.15, -0.1) is 11.3 Å². The molecule has 36 heavy (non-hydrogen) atoms. The number of aromatic nitrogens is 2. The molecule has 6 nitrogen and oxygen atoms in total. The van der Waals surface area contributed by atoms with E-state index < -0.39 is 6.10 Å². The van der Waals surface area contributed by atoms with E-state index >= 15 is 0 Å². The number of fused-ring (bicyclic) bond motifs is 2. The Hall–Kier alpha value is -3.00. The normalized spacial score (nSPS) is 16.3. The zero-order valence-electron chi connectivity index (χ0n) is 20.9. The molecule has 4 aromatic rings. The van der Waals surface area contributed by atoms with Gasteiger partial charge in [0.25, 0.3) is 5.56 Å². The molecule has 3 heterocycles. The highest BCUT2D eigenvalue weighted by Crippen LogP contribution is 2.33. The minimum absolute atomic E-state index is 0.000371. The van der Waals surface area contributed by atoms with Crippen molar-refractivity contribution in [3.05, 3.63) is 92.3 Å². The number of hydrogen-bond acceptors (Lipinski definition) is 6. The van der Waals surface area contributed by atoms with Crippen LogP contribution in [0.2, 0.25) is 0 Å². The van der Waals surface area contributed by atoms with Gasteiger partial charge in [0, 0.05) is 47.6 Å². The predicted octanol–water partition coefficient (Wildman–Crippen LogP) is 5.28. The maximum Gasteiger partial charge on any atom is 0.257 e. The van der Waals surface area contributed by atoms with Crippen molar-refractivity contribution in [2.45, 2.75) is 51.4 Å². The molecule has 2 aromatic heterocycles. The lowest BCUT2D eigenvalue weighted by Crippen LogP contribution is -2.35. The second-order valence-electron chi connectivity index (χ2n) is 9.59. The van der Waals surface area contributed by atoms with Crippen molar-refractivity contribution in [1.29, 1.82) is 0 Å². The van der Waals surface area contributed by atoms with E-state index in [0.717, 1.165) is 48.3 Å². The highest BCUT2D eigenvalue weighted by molar-refractivity contribution is 7.10. The number of benzene rings is 2. The number of ether oxygens (including phenoxy) is 1. The summed E-state index contributed by atoms with van der Waals surface area (Å²) < 4.78 is 8.26. The topological polar surface area (TPSA) is 67.6 Å². The van der Waals surface area contributed by atoms with Crippen LogP contribution >= 0.6 is 11.3 Å². The van der Waals surface area contributed by atoms with E-state index in [2.05, 4.69) is 52.6 Å². The molecule has 0 fully saturated rings. The number of aliphatic hydroxyl groups is 1. The Kier molecular flexibility index (Phi) is 7.51. The third-order valence-corrected chi connectivity index (χ3v) is 8.02. The molecule has 0 saturated carbocycles. The van der Waals surface area contributed by atoms with E-state index in [9.17, 15) is 9.90 Å². The number of rotatable bonds is 9. The van der Waals surface area contributed by atoms with Crippen LogP contribution in [0.15, 0.2) is 64.8 Å². The summed E-state index contributed by atoms with van der Waals surface area (Å²) in [5, 5.41) is 14.6. The third-order valence-electron chi connectivity index (χ3n) is 7.05. The van der Waals surface area contributed by atoms with Crippen molar-refractivity contribution in [2.75, 3.05) is 20.1 Å². The summed E-state index contributed by atoms with van der Waals surface area (Å²) in [7, 11) is 2.09. The zero-order chi connectivity index (χ0) is 25.1. The summed E-state index contributed by atoms with van der Waals surface area (Å²) in [6.45, 7) is 4.11. The first-order valence-electron chi connectivity index (χ1n) is 12.7. The Morgan fingerprint density at radius 2 is 2.00 bits per heavy atom. The molecule has 2 atom stereocenters. The molecule has 0 saturated heterocycles. The highest BCUT2D eigenvalue weighted by Gasteiger charge is 2.23. The summed E-state index contributed by atoms with van der Waals surface area (Å²) in [6.07, 6.45) is 2.26. The molecule has 1 aliphatic rings. The molecule has 1 aliphatic heterocycles. The average Bonchev–Trinajstić information content (AvgIpc) is 3.42. The number of aryl methyl sites for hydroxylation is 1. The van der Waals surface area contributed by atoms with Gasteiger partial charge in [-0.3, -0.25) is 9.36 Å². The van der Waals surface area contributed by atoms with Gasteiger partial charge in [-0.2, -0.15) is 0 Å². The van der Waals surface area contributed by atoms with Crippen molar-refractivity contribution in [3.63, 3.8) is 0 Å². The van der Waals surface area contributed by atoms with Crippen LogP contribution in [0, 0.1) is 6.92 Å². The van der Waals surface area contributed by atoms with Crippen molar-refractivity contribution in [2.24, 2.45) is 0 Å². The van der Waals surface area contributed by atoms with Gasteiger partial charge in [0.15, 0.2) is 0 Å². The van der Waals surface area contributed by atoms with Crippen LogP contribution in [0.1, 0.15) is 53.4 Å². The lowest BCUT2D eigenvalue weighted by Gasteiger charge is -2.25. The Bertz CT molecular complexity index is 1380. The molecule has 0 radical (unpaired) electrons. The van der Waals surface area contributed by atoms with Gasteiger partial charge >= 0.3 is 0 Å². The van der Waals surface area contributed by atoms with Crippen LogP contribution < -0.4 is 10.3 Å². The van der Waals surface area contributed by atoms with E-state index in [1.807, 2.05) is 31.2 Å². The standard InChI is InChI=1S/C29H33N3O3S/c1-20-22(29(34)32-16-6-11-24(33)28(32)30-20)14-17-31(2)18-15-26(27-13-7-19-36-27)35-25-12-5-9-21-8-3-4-10-23(21)25/h3-5,7-10,12-13,19,24,26,33H,6,11,14-18H2,1-2H3. The zero-order valence-corrected chi connectivity index (χ0v) is 21.7. The Morgan fingerprint density at radius 1 is 1.17 bits per heavy atom. The van der Waals surface area contributed by atoms with Crippen molar-refractivity contribution in [3.8, 4) is 5.75 Å². The number of aliphatic hydroxyl groups excluding tert-OH is 1. The minimum atomic E-state index is -0.641. The van der Waals surface area contributed by atoms with Gasteiger partial charge in [-0.1, -0.05) is 42.5 Å². The molecule has 2 unspecified atom stereocenters. The van der Waals surface area contributed by atoms with Gasteiger partial charge in [-0.25, -0.2) is 4.98 Å². The maximum absolute atomic E-state index is 13.1. The maximum atomic E-state index is 13.1. The Balaban J connectivity index is 1.26. The summed E-state index contributed by atoms with van der Waals surface area (Å²) in [5.41, 5.74) is 1.48. The van der Waals surface area contributed by atoms with Gasteiger partial charge in [0.2, 0.25) is 0 Å². The van der Waals surface area contributed by atoms with Crippen LogP contribution in [-0.2, 0) is 13.0 Å². The SMILES string of the molecule is Cc1nc2n(c(=O)c1CCN(C)CCC(Oc1cccc3ccccc13)c1cccs1)CCCC2O. The van der Waals surface area contributed by atoms with Crippen molar-refractivity contribution in [1.82, 2.24) is 14.5 Å². The minimum Gasteiger partial charge on any atom is -0.484 e. The first-order valence-corrected chi connectivity index (χ1v) is 13.5. The van der Waals surface area contributed by atoms with E-state index in [-0.39, 0.29) is 11.7 Å². The molecule has 0 aliphatic carbocycles. The number of thiophene rings is 1. The number of likely N-dealkylation sites (N-methyl/N-ethyl adjacent to an activating group) is 1. The average molecular weight is 504 g/mol. The molecule has 0 amide bonds. The van der Waals surface area contributed by atoms with Gasteiger partial charge in [0.1, 0.15) is 23.8 Å². The molecule has 0 spiro atoms. The quantitative estimate of drug-likeness (QED) is 0.337. The molecule has 5 rings (SSSR count). The first kappa shape index (κ1) is 24.7. The molecule has 2 aromatic carbocycles. The van der Waals surface area contributed by atoms with E-state index in [1.54, 1.807) is 15.9 Å². The second kappa shape index (κ2) is 10.9. The largest absolute Gasteiger partial charge is 0.484 e. The lowest BCUT2D eigenvalue weighted by atomic mass is 10.1. The lowest BCUT2D eigenvalue weighted by molar-refractivity contribution is 0.129. The summed E-state index contributed by atoms with van der Waals surface area (Å²) in [6, 6.07) is 18.7. The second-order valence-corrected chi connectivity index (χ2v) is 10.6. The van der Waals surface area contributed by atoms with E-state index in [1.165, 1.54) is 10.3 Å². The van der Waals surface area contributed by atoms with Gasteiger partial charge in [-0.05, 0) is 56.1 Å². The smallest absolute Gasteiger partial charge is 0.257 e. The molecule has 188 valence electrons. The molecule has 1 N–H and O–H groups in total. The van der Waals surface area contributed by atoms with Crippen LogP contribution in [0.3, 0.4) is 0 Å². The van der Waals surface area contributed by atoms with Gasteiger partial charge in [0.05, 0.1) is 0 Å². The summed E-state index contributed by atoms with van der Waals surface area (Å²) in [4.78, 5) is 21.2. The van der Waals surface area contributed by atoms with Gasteiger partial charge < -0.3 is 14.7 Å².